The number of amides is 1. The van der Waals surface area contributed by atoms with Crippen molar-refractivity contribution in [2.24, 2.45) is 0 Å². The topological polar surface area (TPSA) is 82.6 Å². The molecule has 2 aromatic carbocycles. The van der Waals surface area contributed by atoms with Crippen LogP contribution in [0.5, 0.6) is 17.4 Å². The number of nitrogens with one attached hydrogen (secondary N) is 1. The van der Waals surface area contributed by atoms with Gasteiger partial charge < -0.3 is 19.5 Å². The molecule has 0 saturated heterocycles. The lowest BCUT2D eigenvalue weighted by atomic mass is 10.1. The number of ether oxygens (including phenoxy) is 3. The number of carbonyl (C=O) groups is 1. The van der Waals surface area contributed by atoms with Gasteiger partial charge in [0.15, 0.2) is 12.4 Å². The van der Waals surface area contributed by atoms with E-state index in [2.05, 4.69) is 15.3 Å². The summed E-state index contributed by atoms with van der Waals surface area (Å²) in [6, 6.07) is 14.7. The van der Waals surface area contributed by atoms with Gasteiger partial charge in [-0.1, -0.05) is 29.8 Å². The van der Waals surface area contributed by atoms with Gasteiger partial charge in [0.05, 0.1) is 19.9 Å². The summed E-state index contributed by atoms with van der Waals surface area (Å²) in [5.74, 6) is 1.69. The normalized spacial score (nSPS) is 10.3. The molecular formula is C22H23N3O4. The summed E-state index contributed by atoms with van der Waals surface area (Å²) in [6.45, 7) is 3.68. The molecule has 29 heavy (non-hydrogen) atoms. The Morgan fingerprint density at radius 3 is 2.41 bits per heavy atom. The van der Waals surface area contributed by atoms with Gasteiger partial charge in [-0.25, -0.2) is 4.98 Å². The third-order valence-corrected chi connectivity index (χ3v) is 4.17. The zero-order valence-electron chi connectivity index (χ0n) is 16.9. The van der Waals surface area contributed by atoms with Crippen molar-refractivity contribution in [3.63, 3.8) is 0 Å². The summed E-state index contributed by atoms with van der Waals surface area (Å²) in [5.41, 5.74) is 3.32. The maximum atomic E-state index is 12.3. The molecule has 7 nitrogen and oxygen atoms in total. The van der Waals surface area contributed by atoms with E-state index in [9.17, 15) is 4.79 Å². The Morgan fingerprint density at radius 1 is 0.966 bits per heavy atom. The highest BCUT2D eigenvalue weighted by atomic mass is 16.5. The number of aryl methyl sites for hydroxylation is 2. The zero-order chi connectivity index (χ0) is 20.8. The van der Waals surface area contributed by atoms with Gasteiger partial charge in [0.1, 0.15) is 11.5 Å². The minimum atomic E-state index is -0.332. The first-order valence-electron chi connectivity index (χ1n) is 9.06. The Kier molecular flexibility index (Phi) is 6.29. The molecule has 1 heterocycles. The minimum absolute atomic E-state index is 0.195. The molecule has 0 aliphatic heterocycles. The Labute approximate surface area is 169 Å². The van der Waals surface area contributed by atoms with Gasteiger partial charge >= 0.3 is 0 Å². The van der Waals surface area contributed by atoms with Gasteiger partial charge in [-0.3, -0.25) is 4.79 Å². The van der Waals surface area contributed by atoms with Crippen molar-refractivity contribution >= 4 is 11.6 Å². The molecule has 150 valence electrons. The summed E-state index contributed by atoms with van der Waals surface area (Å²) >= 11 is 0. The van der Waals surface area contributed by atoms with Gasteiger partial charge in [0.2, 0.25) is 5.88 Å². The number of hydrogen-bond acceptors (Lipinski definition) is 6. The molecule has 0 fully saturated rings. The molecule has 3 aromatic rings. The highest BCUT2D eigenvalue weighted by Crippen LogP contribution is 2.29. The van der Waals surface area contributed by atoms with Gasteiger partial charge in [-0.2, -0.15) is 4.98 Å². The first-order chi connectivity index (χ1) is 14.0. The Hall–Kier alpha value is -3.61. The van der Waals surface area contributed by atoms with Crippen LogP contribution in [0, 0.1) is 13.8 Å². The van der Waals surface area contributed by atoms with E-state index in [1.807, 2.05) is 38.1 Å². The second kappa shape index (κ2) is 9.05. The molecule has 0 atom stereocenters. The lowest BCUT2D eigenvalue weighted by molar-refractivity contribution is -0.118. The molecule has 0 aliphatic rings. The SMILES string of the molecule is COc1ccc(NC(=O)COc2cc(C)nc(-c3ccc(C)cc3)n2)c(OC)c1. The van der Waals surface area contributed by atoms with Crippen LogP contribution in [0.1, 0.15) is 11.3 Å². The van der Waals surface area contributed by atoms with Crippen LogP contribution < -0.4 is 19.5 Å². The van der Waals surface area contributed by atoms with Crippen molar-refractivity contribution in [1.82, 2.24) is 9.97 Å². The van der Waals surface area contributed by atoms with Gasteiger partial charge in [-0.05, 0) is 26.0 Å². The van der Waals surface area contributed by atoms with E-state index in [1.165, 1.54) is 7.11 Å². The fourth-order valence-corrected chi connectivity index (χ4v) is 2.67. The molecule has 0 bridgehead atoms. The third-order valence-electron chi connectivity index (χ3n) is 4.17. The van der Waals surface area contributed by atoms with Crippen LogP contribution in [-0.2, 0) is 4.79 Å². The Morgan fingerprint density at radius 2 is 1.72 bits per heavy atom. The second-order valence-corrected chi connectivity index (χ2v) is 6.44. The van der Waals surface area contributed by atoms with E-state index in [0.717, 1.165) is 16.8 Å². The fraction of sp³-hybridized carbons (Fsp3) is 0.227. The summed E-state index contributed by atoms with van der Waals surface area (Å²) < 4.78 is 16.0. The Bertz CT molecular complexity index is 1000. The number of rotatable bonds is 7. The molecule has 0 saturated carbocycles. The van der Waals surface area contributed by atoms with E-state index < -0.39 is 0 Å². The average molecular weight is 393 g/mol. The quantitative estimate of drug-likeness (QED) is 0.658. The maximum Gasteiger partial charge on any atom is 0.262 e. The molecular weight excluding hydrogens is 370 g/mol. The molecule has 1 amide bonds. The van der Waals surface area contributed by atoms with Crippen molar-refractivity contribution < 1.29 is 19.0 Å². The van der Waals surface area contributed by atoms with Crippen LogP contribution >= 0.6 is 0 Å². The molecule has 0 aliphatic carbocycles. The van der Waals surface area contributed by atoms with Crippen LogP contribution in [0.4, 0.5) is 5.69 Å². The van der Waals surface area contributed by atoms with Gasteiger partial charge in [0.25, 0.3) is 5.91 Å². The number of nitrogens with zero attached hydrogens (tertiary/aromatic N) is 2. The van der Waals surface area contributed by atoms with Gasteiger partial charge in [-0.15, -0.1) is 0 Å². The molecule has 3 rings (SSSR count). The number of anilines is 1. The van der Waals surface area contributed by atoms with Crippen molar-refractivity contribution in [1.29, 1.82) is 0 Å². The standard InChI is InChI=1S/C22H23N3O4/c1-14-5-7-16(8-6-14)22-23-15(2)11-21(25-22)29-13-20(26)24-18-10-9-17(27-3)12-19(18)28-4/h5-12H,13H2,1-4H3,(H,24,26). The molecule has 0 radical (unpaired) electrons. The van der Waals surface area contributed by atoms with Gasteiger partial charge in [0, 0.05) is 23.4 Å². The molecule has 1 aromatic heterocycles. The monoisotopic (exact) mass is 393 g/mol. The van der Waals surface area contributed by atoms with E-state index in [4.69, 9.17) is 14.2 Å². The highest BCUT2D eigenvalue weighted by molar-refractivity contribution is 5.93. The molecule has 7 heteroatoms. The van der Waals surface area contributed by atoms with Crippen molar-refractivity contribution in [2.75, 3.05) is 26.1 Å². The minimum Gasteiger partial charge on any atom is -0.497 e. The number of methoxy groups -OCH3 is 2. The lowest BCUT2D eigenvalue weighted by Crippen LogP contribution is -2.21. The summed E-state index contributed by atoms with van der Waals surface area (Å²) in [4.78, 5) is 21.2. The van der Waals surface area contributed by atoms with E-state index >= 15 is 0 Å². The van der Waals surface area contributed by atoms with Crippen LogP contribution in [0.2, 0.25) is 0 Å². The predicted octanol–water partition coefficient (Wildman–Crippen LogP) is 3.80. The number of hydrogen-bond donors (Lipinski definition) is 1. The first kappa shape index (κ1) is 20.1. The lowest BCUT2D eigenvalue weighted by Gasteiger charge is -2.12. The first-order valence-corrected chi connectivity index (χ1v) is 9.06. The summed E-state index contributed by atoms with van der Waals surface area (Å²) in [7, 11) is 3.09. The van der Waals surface area contributed by atoms with E-state index in [1.54, 1.807) is 31.4 Å². The third kappa shape index (κ3) is 5.22. The fourth-order valence-electron chi connectivity index (χ4n) is 2.67. The van der Waals surface area contributed by atoms with Crippen LogP contribution in [-0.4, -0.2) is 36.7 Å². The zero-order valence-corrected chi connectivity index (χ0v) is 16.9. The summed E-state index contributed by atoms with van der Waals surface area (Å²) in [6.07, 6.45) is 0. The highest BCUT2D eigenvalue weighted by Gasteiger charge is 2.11. The van der Waals surface area contributed by atoms with E-state index in [0.29, 0.717) is 28.9 Å². The molecule has 0 spiro atoms. The van der Waals surface area contributed by atoms with Crippen molar-refractivity contribution in [3.8, 4) is 28.8 Å². The molecule has 1 N–H and O–H groups in total. The summed E-state index contributed by atoms with van der Waals surface area (Å²) in [5, 5.41) is 2.76. The smallest absolute Gasteiger partial charge is 0.262 e. The maximum absolute atomic E-state index is 12.3. The van der Waals surface area contributed by atoms with Crippen LogP contribution in [0.15, 0.2) is 48.5 Å². The second-order valence-electron chi connectivity index (χ2n) is 6.44. The number of carbonyl (C=O) groups excluding carboxylic acids is 1. The number of benzene rings is 2. The van der Waals surface area contributed by atoms with Crippen molar-refractivity contribution in [2.45, 2.75) is 13.8 Å². The number of aromatic nitrogens is 2. The van der Waals surface area contributed by atoms with Crippen LogP contribution in [0.25, 0.3) is 11.4 Å². The van der Waals surface area contributed by atoms with Crippen molar-refractivity contribution in [3.05, 3.63) is 59.8 Å². The average Bonchev–Trinajstić information content (AvgIpc) is 2.72. The molecule has 0 unspecified atom stereocenters. The van der Waals surface area contributed by atoms with E-state index in [-0.39, 0.29) is 12.5 Å². The largest absolute Gasteiger partial charge is 0.497 e. The predicted molar refractivity (Wildman–Crippen MR) is 111 cm³/mol. The Balaban J connectivity index is 1.68. The van der Waals surface area contributed by atoms with Crippen LogP contribution in [0.3, 0.4) is 0 Å².